The number of carbonyl (C=O) groups is 1. The van der Waals surface area contributed by atoms with Crippen LogP contribution < -0.4 is 16.6 Å². The van der Waals surface area contributed by atoms with E-state index in [1.54, 1.807) is 4.57 Å². The number of benzene rings is 1. The van der Waals surface area contributed by atoms with Crippen LogP contribution in [0.2, 0.25) is 0 Å². The van der Waals surface area contributed by atoms with E-state index in [4.69, 9.17) is 0 Å². The van der Waals surface area contributed by atoms with Gasteiger partial charge >= 0.3 is 5.69 Å². The van der Waals surface area contributed by atoms with Crippen molar-refractivity contribution in [2.24, 2.45) is 5.92 Å². The quantitative estimate of drug-likeness (QED) is 0.437. The van der Waals surface area contributed by atoms with Crippen LogP contribution in [0.25, 0.3) is 11.0 Å². The van der Waals surface area contributed by atoms with Gasteiger partial charge in [0.2, 0.25) is 5.91 Å². The molecule has 1 N–H and O–H groups in total. The van der Waals surface area contributed by atoms with Gasteiger partial charge in [0, 0.05) is 18.1 Å². The van der Waals surface area contributed by atoms with E-state index in [1.165, 1.54) is 23.5 Å². The molecule has 40 heavy (non-hydrogen) atoms. The lowest BCUT2D eigenvalue weighted by Crippen LogP contribution is -2.47. The molecule has 212 valence electrons. The van der Waals surface area contributed by atoms with E-state index < -0.39 is 11.4 Å². The normalized spacial score (nSPS) is 23.3. The molecule has 1 unspecified atom stereocenters. The molecule has 0 radical (unpaired) electrons. The van der Waals surface area contributed by atoms with E-state index in [-0.39, 0.29) is 46.7 Å². The Bertz CT molecular complexity index is 1470. The second-order valence-corrected chi connectivity index (χ2v) is 12.9. The maximum atomic E-state index is 14.2. The summed E-state index contributed by atoms with van der Waals surface area (Å²) in [4.78, 5) is 45.2. The highest BCUT2D eigenvalue weighted by atomic mass is 32.2. The Labute approximate surface area is 237 Å². The molecule has 3 heterocycles. The summed E-state index contributed by atoms with van der Waals surface area (Å²) in [5, 5.41) is 3.49. The maximum Gasteiger partial charge on any atom is 0.333 e. The SMILES string of the molecule is O=C(NC1CCC(n2c(=O)c3cc(F)cnc3n(C3CCSCC3)c2=O)CC1)C(c1ccccc1)C1CCCC1. The van der Waals surface area contributed by atoms with Crippen LogP contribution in [-0.2, 0) is 4.79 Å². The molecular weight excluding hydrogens is 527 g/mol. The van der Waals surface area contributed by atoms with E-state index in [0.717, 1.165) is 48.9 Å². The lowest BCUT2D eigenvalue weighted by atomic mass is 9.83. The number of carbonyl (C=O) groups excluding carboxylic acids is 1. The van der Waals surface area contributed by atoms with Crippen LogP contribution in [0, 0.1) is 11.7 Å². The predicted octanol–water partition coefficient (Wildman–Crippen LogP) is 5.34. The first-order chi connectivity index (χ1) is 19.5. The minimum atomic E-state index is -0.581. The third-order valence-electron chi connectivity index (χ3n) is 9.20. The minimum absolute atomic E-state index is 0.00392. The molecule has 1 aromatic carbocycles. The number of aromatic nitrogens is 3. The van der Waals surface area contributed by atoms with Crippen molar-refractivity contribution >= 4 is 28.7 Å². The molecule has 1 aliphatic heterocycles. The first-order valence-electron chi connectivity index (χ1n) is 14.8. The molecule has 2 aromatic heterocycles. The van der Waals surface area contributed by atoms with Crippen LogP contribution >= 0.6 is 11.8 Å². The number of hydrogen-bond donors (Lipinski definition) is 1. The zero-order chi connectivity index (χ0) is 27.6. The Morgan fingerprint density at radius 3 is 2.30 bits per heavy atom. The maximum absolute atomic E-state index is 14.2. The number of nitrogens with zero attached hydrogens (tertiary/aromatic N) is 3. The van der Waals surface area contributed by atoms with Crippen molar-refractivity contribution in [1.82, 2.24) is 19.4 Å². The summed E-state index contributed by atoms with van der Waals surface area (Å²) < 4.78 is 17.2. The van der Waals surface area contributed by atoms with E-state index in [0.29, 0.717) is 31.6 Å². The molecule has 0 spiro atoms. The zero-order valence-corrected chi connectivity index (χ0v) is 23.6. The van der Waals surface area contributed by atoms with Crippen molar-refractivity contribution in [1.29, 1.82) is 0 Å². The van der Waals surface area contributed by atoms with E-state index >= 15 is 0 Å². The van der Waals surface area contributed by atoms with Gasteiger partial charge < -0.3 is 5.32 Å². The molecule has 3 aromatic rings. The van der Waals surface area contributed by atoms with Crippen molar-refractivity contribution in [3.05, 3.63) is 74.8 Å². The number of nitrogens with one attached hydrogen (secondary N) is 1. The van der Waals surface area contributed by atoms with Gasteiger partial charge in [-0.3, -0.25) is 18.7 Å². The van der Waals surface area contributed by atoms with Gasteiger partial charge in [-0.2, -0.15) is 11.8 Å². The van der Waals surface area contributed by atoms with E-state index in [1.807, 2.05) is 30.0 Å². The van der Waals surface area contributed by atoms with Crippen LogP contribution in [0.15, 0.2) is 52.2 Å². The molecule has 1 saturated heterocycles. The van der Waals surface area contributed by atoms with E-state index in [2.05, 4.69) is 22.4 Å². The smallest absolute Gasteiger partial charge is 0.333 e. The average molecular weight is 565 g/mol. The lowest BCUT2D eigenvalue weighted by molar-refractivity contribution is -0.124. The Morgan fingerprint density at radius 1 is 0.925 bits per heavy atom. The highest BCUT2D eigenvalue weighted by Crippen LogP contribution is 2.38. The second kappa shape index (κ2) is 11.9. The van der Waals surface area contributed by atoms with Gasteiger partial charge in [-0.1, -0.05) is 43.2 Å². The number of halogens is 1. The summed E-state index contributed by atoms with van der Waals surface area (Å²) in [5.41, 5.74) is 0.549. The second-order valence-electron chi connectivity index (χ2n) is 11.6. The summed E-state index contributed by atoms with van der Waals surface area (Å²) >= 11 is 1.86. The zero-order valence-electron chi connectivity index (χ0n) is 22.8. The average Bonchev–Trinajstić information content (AvgIpc) is 3.50. The number of fused-ring (bicyclic) bond motifs is 1. The van der Waals surface area contributed by atoms with Crippen molar-refractivity contribution in [2.75, 3.05) is 11.5 Å². The first-order valence-corrected chi connectivity index (χ1v) is 15.9. The van der Waals surface area contributed by atoms with Gasteiger partial charge in [0.25, 0.3) is 5.56 Å². The van der Waals surface area contributed by atoms with Gasteiger partial charge in [0.05, 0.1) is 17.5 Å². The van der Waals surface area contributed by atoms with Gasteiger partial charge in [-0.15, -0.1) is 0 Å². The molecule has 6 rings (SSSR count). The monoisotopic (exact) mass is 564 g/mol. The summed E-state index contributed by atoms with van der Waals surface area (Å²) in [5.74, 6) is 1.60. The summed E-state index contributed by atoms with van der Waals surface area (Å²) in [6.45, 7) is 0. The number of thioether (sulfide) groups is 1. The largest absolute Gasteiger partial charge is 0.353 e. The highest BCUT2D eigenvalue weighted by molar-refractivity contribution is 7.99. The molecule has 1 atom stereocenters. The van der Waals surface area contributed by atoms with Gasteiger partial charge in [-0.25, -0.2) is 14.2 Å². The van der Waals surface area contributed by atoms with Crippen molar-refractivity contribution in [3.63, 3.8) is 0 Å². The highest BCUT2D eigenvalue weighted by Gasteiger charge is 2.34. The molecule has 0 bridgehead atoms. The number of pyridine rings is 1. The van der Waals surface area contributed by atoms with Gasteiger partial charge in [0.15, 0.2) is 0 Å². The molecule has 2 aliphatic carbocycles. The lowest BCUT2D eigenvalue weighted by Gasteiger charge is -2.33. The predicted molar refractivity (Wildman–Crippen MR) is 156 cm³/mol. The number of rotatable bonds is 6. The van der Waals surface area contributed by atoms with Gasteiger partial charge in [-0.05, 0) is 80.4 Å². The topological polar surface area (TPSA) is 86.0 Å². The Hall–Kier alpha value is -2.94. The fourth-order valence-corrected chi connectivity index (χ4v) is 8.24. The minimum Gasteiger partial charge on any atom is -0.353 e. The Morgan fingerprint density at radius 2 is 1.60 bits per heavy atom. The van der Waals surface area contributed by atoms with Crippen LogP contribution in [0.4, 0.5) is 4.39 Å². The molecular formula is C31H37FN4O3S. The molecule has 3 aliphatic rings. The van der Waals surface area contributed by atoms with Crippen molar-refractivity contribution in [2.45, 2.75) is 88.3 Å². The molecule has 2 saturated carbocycles. The summed E-state index contributed by atoms with van der Waals surface area (Å²) in [6.07, 6.45) is 9.80. The van der Waals surface area contributed by atoms with Crippen LogP contribution in [0.3, 0.4) is 0 Å². The molecule has 9 heteroatoms. The fourth-order valence-electron chi connectivity index (χ4n) is 7.16. The van der Waals surface area contributed by atoms with E-state index in [9.17, 15) is 18.8 Å². The third-order valence-corrected chi connectivity index (χ3v) is 10.2. The Kier molecular flexibility index (Phi) is 8.10. The van der Waals surface area contributed by atoms with Gasteiger partial charge in [0.1, 0.15) is 11.5 Å². The van der Waals surface area contributed by atoms with Crippen molar-refractivity contribution in [3.8, 4) is 0 Å². The molecule has 3 fully saturated rings. The first kappa shape index (κ1) is 27.2. The van der Waals surface area contributed by atoms with Crippen LogP contribution in [0.5, 0.6) is 0 Å². The van der Waals surface area contributed by atoms with Crippen LogP contribution in [0.1, 0.15) is 87.8 Å². The Balaban J connectivity index is 1.23. The number of hydrogen-bond acceptors (Lipinski definition) is 5. The summed E-state index contributed by atoms with van der Waals surface area (Å²) in [7, 11) is 0. The molecule has 7 nitrogen and oxygen atoms in total. The molecule has 1 amide bonds. The van der Waals surface area contributed by atoms with Crippen molar-refractivity contribution < 1.29 is 9.18 Å². The standard InChI is InChI=1S/C31H37FN4O3S/c32-22-18-26-28(33-19-22)35(25-14-16-40-17-15-25)31(39)36(30(26)38)24-12-10-23(11-13-24)34-29(37)27(21-8-4-5-9-21)20-6-2-1-3-7-20/h1-3,6-7,18-19,21,23-25,27H,4-5,8-17H2,(H,34,37). The number of amides is 1. The third kappa shape index (κ3) is 5.37. The van der Waals surface area contributed by atoms with Crippen LogP contribution in [-0.4, -0.2) is 37.6 Å². The fraction of sp³-hybridized carbons (Fsp3) is 0.548. The summed E-state index contributed by atoms with van der Waals surface area (Å²) in [6, 6.07) is 11.0.